The van der Waals surface area contributed by atoms with E-state index in [0.29, 0.717) is 28.8 Å². The molecule has 6 nitrogen and oxygen atoms in total. The molecule has 0 amide bonds. The first-order chi connectivity index (χ1) is 29.7. The quantitative estimate of drug-likeness (QED) is 0.168. The highest BCUT2D eigenvalue weighted by Crippen LogP contribution is 2.36. The minimum atomic E-state index is 0.447. The molecule has 12 rings (SSSR count). The van der Waals surface area contributed by atoms with Crippen LogP contribution in [0.25, 0.3) is 117 Å². The van der Waals surface area contributed by atoms with Crippen LogP contribution in [0.4, 0.5) is 0 Å². The molecule has 6 heteroatoms. The van der Waals surface area contributed by atoms with E-state index in [9.17, 15) is 0 Å². The zero-order chi connectivity index (χ0) is 39.6. The molecule has 0 N–H and O–H groups in total. The van der Waals surface area contributed by atoms with E-state index in [0.717, 1.165) is 60.6 Å². The lowest BCUT2D eigenvalue weighted by molar-refractivity contribution is 0.667. The van der Waals surface area contributed by atoms with Crippen LogP contribution in [-0.2, 0) is 0 Å². The molecule has 0 spiro atoms. The number of hydrogen-bond donors (Lipinski definition) is 0. The smallest absolute Gasteiger partial charge is 0.186 e. The third-order valence-electron chi connectivity index (χ3n) is 11.5. The van der Waals surface area contributed by atoms with Gasteiger partial charge in [0.15, 0.2) is 28.8 Å². The fourth-order valence-electron chi connectivity index (χ4n) is 8.56. The second kappa shape index (κ2) is 13.7. The van der Waals surface area contributed by atoms with Gasteiger partial charge in [-0.1, -0.05) is 146 Å². The van der Waals surface area contributed by atoms with E-state index >= 15 is 0 Å². The van der Waals surface area contributed by atoms with Gasteiger partial charge < -0.3 is 8.98 Å². The third kappa shape index (κ3) is 5.65. The zero-order valence-corrected chi connectivity index (χ0v) is 32.2. The average molecular weight is 768 g/mol. The van der Waals surface area contributed by atoms with E-state index in [2.05, 4.69) is 168 Å². The Labute approximate surface area is 344 Å². The number of furan rings is 1. The van der Waals surface area contributed by atoms with Gasteiger partial charge in [-0.05, 0) is 81.6 Å². The first-order valence-corrected chi connectivity index (χ1v) is 20.0. The lowest BCUT2D eigenvalue weighted by atomic mass is 10.00. The second-order valence-electron chi connectivity index (χ2n) is 15.1. The lowest BCUT2D eigenvalue weighted by Crippen LogP contribution is -2.01. The topological polar surface area (TPSA) is 69.6 Å². The summed E-state index contributed by atoms with van der Waals surface area (Å²) in [4.78, 5) is 20.1. The first-order valence-electron chi connectivity index (χ1n) is 20.0. The van der Waals surface area contributed by atoms with Crippen molar-refractivity contribution in [1.82, 2.24) is 24.5 Å². The highest BCUT2D eigenvalue weighted by atomic mass is 16.3. The third-order valence-corrected chi connectivity index (χ3v) is 11.5. The molecule has 0 fully saturated rings. The first kappa shape index (κ1) is 33.9. The Morgan fingerprint density at radius 2 is 0.900 bits per heavy atom. The van der Waals surface area contributed by atoms with Crippen LogP contribution in [-0.4, -0.2) is 24.5 Å². The summed E-state index contributed by atoms with van der Waals surface area (Å²) in [5.41, 5.74) is 11.8. The van der Waals surface area contributed by atoms with Crippen LogP contribution in [0.1, 0.15) is 0 Å². The van der Waals surface area contributed by atoms with Crippen molar-refractivity contribution in [3.63, 3.8) is 0 Å². The van der Waals surface area contributed by atoms with E-state index in [1.54, 1.807) is 6.20 Å². The number of nitrogens with zero attached hydrogens (tertiary/aromatic N) is 5. The van der Waals surface area contributed by atoms with Gasteiger partial charge in [0.2, 0.25) is 0 Å². The number of aromatic nitrogens is 5. The molecule has 60 heavy (non-hydrogen) atoms. The molecule has 280 valence electrons. The molecule has 4 aromatic heterocycles. The van der Waals surface area contributed by atoms with Crippen LogP contribution < -0.4 is 0 Å². The van der Waals surface area contributed by atoms with Gasteiger partial charge in [-0.3, -0.25) is 0 Å². The Morgan fingerprint density at radius 1 is 0.367 bits per heavy atom. The molecule has 12 aromatic rings. The average Bonchev–Trinajstić information content (AvgIpc) is 3.88. The summed E-state index contributed by atoms with van der Waals surface area (Å²) < 4.78 is 8.76. The predicted molar refractivity (Wildman–Crippen MR) is 244 cm³/mol. The summed E-state index contributed by atoms with van der Waals surface area (Å²) in [7, 11) is 0. The van der Waals surface area contributed by atoms with Gasteiger partial charge in [0.1, 0.15) is 5.58 Å². The van der Waals surface area contributed by atoms with Crippen LogP contribution >= 0.6 is 0 Å². The summed E-state index contributed by atoms with van der Waals surface area (Å²) in [6, 6.07) is 67.8. The molecular formula is C54H33N5O. The van der Waals surface area contributed by atoms with E-state index in [4.69, 9.17) is 24.4 Å². The van der Waals surface area contributed by atoms with Crippen LogP contribution in [0.3, 0.4) is 0 Å². The van der Waals surface area contributed by atoms with Crippen molar-refractivity contribution in [3.8, 4) is 62.2 Å². The van der Waals surface area contributed by atoms with Crippen LogP contribution in [0.5, 0.6) is 0 Å². The fraction of sp³-hybridized carbons (Fsp3) is 0. The molecule has 0 aliphatic heterocycles. The summed E-state index contributed by atoms with van der Waals surface area (Å²) >= 11 is 0. The molecule has 0 bridgehead atoms. The minimum absolute atomic E-state index is 0.447. The number of fused-ring (bicyclic) bond motifs is 7. The molecular weight excluding hydrogens is 735 g/mol. The molecule has 0 saturated heterocycles. The molecule has 0 unspecified atom stereocenters. The number of pyridine rings is 1. The Morgan fingerprint density at radius 3 is 1.63 bits per heavy atom. The van der Waals surface area contributed by atoms with Crippen molar-refractivity contribution in [2.75, 3.05) is 0 Å². The van der Waals surface area contributed by atoms with Gasteiger partial charge in [0.05, 0.1) is 11.0 Å². The monoisotopic (exact) mass is 767 g/mol. The van der Waals surface area contributed by atoms with Crippen molar-refractivity contribution in [2.45, 2.75) is 0 Å². The van der Waals surface area contributed by atoms with E-state index < -0.39 is 0 Å². The second-order valence-corrected chi connectivity index (χ2v) is 15.1. The summed E-state index contributed by atoms with van der Waals surface area (Å²) in [5.74, 6) is 1.56. The highest BCUT2D eigenvalue weighted by molar-refractivity contribution is 6.10. The SMILES string of the molecule is c1ccc(-c2ccc3ccc(-c4nc(-c5ccc(-c6ccc(-n7c8ccccc8c8ccccc87)cc6)cc5)nc(-c5nccc6c5oc5ccccc56)n4)cc3c2)cc1. The van der Waals surface area contributed by atoms with Crippen LogP contribution in [0.2, 0.25) is 0 Å². The van der Waals surface area contributed by atoms with Gasteiger partial charge in [0.25, 0.3) is 0 Å². The summed E-state index contributed by atoms with van der Waals surface area (Å²) in [5, 5.41) is 6.73. The number of para-hydroxylation sites is 3. The molecule has 0 aliphatic carbocycles. The van der Waals surface area contributed by atoms with Gasteiger partial charge in [0, 0.05) is 44.6 Å². The molecule has 0 aliphatic rings. The molecule has 0 saturated carbocycles. The Hall–Kier alpha value is -8.22. The lowest BCUT2D eigenvalue weighted by Gasteiger charge is -2.11. The Kier molecular flexibility index (Phi) is 7.74. The van der Waals surface area contributed by atoms with Crippen LogP contribution in [0, 0.1) is 0 Å². The fourth-order valence-corrected chi connectivity index (χ4v) is 8.56. The number of benzene rings is 8. The van der Waals surface area contributed by atoms with Crippen molar-refractivity contribution < 1.29 is 4.42 Å². The minimum Gasteiger partial charge on any atom is -0.454 e. The predicted octanol–water partition coefficient (Wildman–Crippen LogP) is 13.8. The summed E-state index contributed by atoms with van der Waals surface area (Å²) in [6.07, 6.45) is 1.80. The number of hydrogen-bond acceptors (Lipinski definition) is 5. The Balaban J connectivity index is 0.951. The van der Waals surface area contributed by atoms with Crippen molar-refractivity contribution in [1.29, 1.82) is 0 Å². The zero-order valence-electron chi connectivity index (χ0n) is 32.2. The largest absolute Gasteiger partial charge is 0.454 e. The van der Waals surface area contributed by atoms with Gasteiger partial charge in [-0.25, -0.2) is 19.9 Å². The standard InChI is InChI=1S/C54H33N5O/c1-2-10-34(11-3-1)39-24-20-37-21-25-40(33-41(37)32-39)53-56-52(57-54(58-53)50-51-46(30-31-55-50)45-14-6-9-17-49(45)60-51)38-22-18-35(19-23-38)36-26-28-42(29-27-36)59-47-15-7-4-12-43(47)44-13-5-8-16-48(44)59/h1-33H. The maximum absolute atomic E-state index is 6.42. The summed E-state index contributed by atoms with van der Waals surface area (Å²) in [6.45, 7) is 0. The number of rotatable bonds is 6. The van der Waals surface area contributed by atoms with Crippen molar-refractivity contribution >= 4 is 54.5 Å². The van der Waals surface area contributed by atoms with E-state index in [1.165, 1.54) is 27.4 Å². The van der Waals surface area contributed by atoms with Crippen molar-refractivity contribution in [3.05, 3.63) is 200 Å². The highest BCUT2D eigenvalue weighted by Gasteiger charge is 2.19. The van der Waals surface area contributed by atoms with Crippen molar-refractivity contribution in [2.24, 2.45) is 0 Å². The normalized spacial score (nSPS) is 11.7. The maximum Gasteiger partial charge on any atom is 0.186 e. The van der Waals surface area contributed by atoms with Crippen LogP contribution in [0.15, 0.2) is 205 Å². The van der Waals surface area contributed by atoms with Gasteiger partial charge in [-0.15, -0.1) is 0 Å². The van der Waals surface area contributed by atoms with E-state index in [1.807, 2.05) is 30.3 Å². The molecule has 8 aromatic carbocycles. The molecule has 0 radical (unpaired) electrons. The maximum atomic E-state index is 6.42. The van der Waals surface area contributed by atoms with Gasteiger partial charge >= 0.3 is 0 Å². The van der Waals surface area contributed by atoms with E-state index in [-0.39, 0.29) is 0 Å². The Bertz CT molecular complexity index is 3540. The van der Waals surface area contributed by atoms with Gasteiger partial charge in [-0.2, -0.15) is 0 Å². The molecule has 0 atom stereocenters. The molecule has 4 heterocycles.